The summed E-state index contributed by atoms with van der Waals surface area (Å²) >= 11 is 9.57. The van der Waals surface area contributed by atoms with E-state index in [2.05, 4.69) is 21.2 Å². The van der Waals surface area contributed by atoms with Crippen molar-refractivity contribution in [3.63, 3.8) is 0 Å². The van der Waals surface area contributed by atoms with Crippen molar-refractivity contribution in [2.24, 2.45) is 23.7 Å². The van der Waals surface area contributed by atoms with Crippen molar-refractivity contribution in [1.82, 2.24) is 0 Å². The van der Waals surface area contributed by atoms with Crippen molar-refractivity contribution in [1.29, 1.82) is 0 Å². The zero-order chi connectivity index (χ0) is 18.6. The van der Waals surface area contributed by atoms with Crippen LogP contribution in [0, 0.1) is 30.6 Å². The van der Waals surface area contributed by atoms with Crippen LogP contribution in [0.4, 0.5) is 5.69 Å². The molecule has 4 rings (SSSR count). The van der Waals surface area contributed by atoms with Crippen LogP contribution in [0.2, 0.25) is 5.02 Å². The summed E-state index contributed by atoms with van der Waals surface area (Å²) in [7, 11) is 0. The highest BCUT2D eigenvalue weighted by Crippen LogP contribution is 2.60. The molecule has 1 N–H and O–H groups in total. The van der Waals surface area contributed by atoms with Gasteiger partial charge in [-0.25, -0.2) is 0 Å². The molecule has 1 aromatic rings. The second-order valence-electron chi connectivity index (χ2n) is 7.03. The van der Waals surface area contributed by atoms with Gasteiger partial charge in [0.25, 0.3) is 5.91 Å². The van der Waals surface area contributed by atoms with E-state index >= 15 is 0 Å². The maximum Gasteiger partial charge on any atom is 0.310 e. The number of benzene rings is 1. The fraction of sp³-hybridized carbons (Fsp3) is 0.500. The maximum absolute atomic E-state index is 12.5. The summed E-state index contributed by atoms with van der Waals surface area (Å²) in [6, 6.07) is 5.18. The first-order valence-corrected chi connectivity index (χ1v) is 9.74. The van der Waals surface area contributed by atoms with E-state index in [9.17, 15) is 14.4 Å². The second kappa shape index (κ2) is 6.53. The number of rotatable bonds is 4. The molecule has 6 atom stereocenters. The molecule has 1 aromatic carbocycles. The van der Waals surface area contributed by atoms with E-state index in [-0.39, 0.29) is 28.7 Å². The van der Waals surface area contributed by atoms with Crippen molar-refractivity contribution in [2.45, 2.75) is 24.3 Å². The number of esters is 2. The third-order valence-corrected chi connectivity index (χ3v) is 7.29. The lowest BCUT2D eigenvalue weighted by Gasteiger charge is -2.26. The van der Waals surface area contributed by atoms with Crippen molar-refractivity contribution >= 4 is 51.1 Å². The van der Waals surface area contributed by atoms with Gasteiger partial charge in [-0.05, 0) is 37.0 Å². The molecule has 0 radical (unpaired) electrons. The number of carbonyl (C=O) groups excluding carboxylic acids is 3. The van der Waals surface area contributed by atoms with Crippen LogP contribution in [0.25, 0.3) is 0 Å². The van der Waals surface area contributed by atoms with Crippen LogP contribution in [0.1, 0.15) is 12.0 Å². The van der Waals surface area contributed by atoms with Crippen molar-refractivity contribution in [3.8, 4) is 0 Å². The largest absolute Gasteiger partial charge is 0.461 e. The molecule has 6 nitrogen and oxygen atoms in total. The van der Waals surface area contributed by atoms with Gasteiger partial charge in [-0.1, -0.05) is 33.6 Å². The Labute approximate surface area is 163 Å². The van der Waals surface area contributed by atoms with Gasteiger partial charge in [-0.3, -0.25) is 14.4 Å². The first-order valence-electron chi connectivity index (χ1n) is 8.44. The van der Waals surface area contributed by atoms with E-state index in [1.54, 1.807) is 25.1 Å². The summed E-state index contributed by atoms with van der Waals surface area (Å²) in [5, 5.41) is 3.22. The molecule has 0 unspecified atom stereocenters. The predicted molar refractivity (Wildman–Crippen MR) is 96.9 cm³/mol. The molecule has 138 valence electrons. The second-order valence-corrected chi connectivity index (χ2v) is 8.49. The molecule has 1 heterocycles. The summed E-state index contributed by atoms with van der Waals surface area (Å²) in [5.41, 5.74) is 1.31. The average Bonchev–Trinajstić information content (AvgIpc) is 3.21. The average molecular weight is 443 g/mol. The summed E-state index contributed by atoms with van der Waals surface area (Å²) in [4.78, 5) is 36.7. The Kier molecular flexibility index (Phi) is 4.47. The molecule has 1 aliphatic heterocycles. The van der Waals surface area contributed by atoms with Crippen LogP contribution in [0.15, 0.2) is 18.2 Å². The highest BCUT2D eigenvalue weighted by Gasteiger charge is 2.68. The zero-order valence-corrected chi connectivity index (χ0v) is 16.2. The highest BCUT2D eigenvalue weighted by molar-refractivity contribution is 9.09. The number of amides is 1. The minimum atomic E-state index is -0.545. The van der Waals surface area contributed by atoms with Crippen LogP contribution in [0.3, 0.4) is 0 Å². The van der Waals surface area contributed by atoms with Crippen LogP contribution < -0.4 is 5.32 Å². The van der Waals surface area contributed by atoms with Crippen molar-refractivity contribution in [3.05, 3.63) is 28.8 Å². The lowest BCUT2D eigenvalue weighted by molar-refractivity contribution is -0.157. The Balaban J connectivity index is 1.38. The third-order valence-electron chi connectivity index (χ3n) is 5.68. The van der Waals surface area contributed by atoms with E-state index in [4.69, 9.17) is 21.1 Å². The van der Waals surface area contributed by atoms with Crippen LogP contribution >= 0.6 is 27.5 Å². The summed E-state index contributed by atoms with van der Waals surface area (Å²) in [6.07, 6.45) is 0.626. The summed E-state index contributed by atoms with van der Waals surface area (Å²) < 4.78 is 10.6. The lowest BCUT2D eigenvalue weighted by Crippen LogP contribution is -2.39. The number of alkyl halides is 1. The molecule has 3 aliphatic rings. The fourth-order valence-electron chi connectivity index (χ4n) is 4.46. The number of hydrogen-bond donors (Lipinski definition) is 1. The number of hydrogen-bond acceptors (Lipinski definition) is 5. The first kappa shape index (κ1) is 17.8. The van der Waals surface area contributed by atoms with Crippen molar-refractivity contribution < 1.29 is 23.9 Å². The van der Waals surface area contributed by atoms with Gasteiger partial charge in [-0.15, -0.1) is 0 Å². The predicted octanol–water partition coefficient (Wildman–Crippen LogP) is 2.70. The summed E-state index contributed by atoms with van der Waals surface area (Å²) in [5.74, 6) is -2.20. The molecule has 8 heteroatoms. The van der Waals surface area contributed by atoms with E-state index in [1.807, 2.05) is 0 Å². The number of halogens is 2. The molecule has 1 amide bonds. The Morgan fingerprint density at radius 3 is 2.92 bits per heavy atom. The van der Waals surface area contributed by atoms with Gasteiger partial charge in [0.15, 0.2) is 6.61 Å². The Morgan fingerprint density at radius 1 is 1.38 bits per heavy atom. The quantitative estimate of drug-likeness (QED) is 0.573. The lowest BCUT2D eigenvalue weighted by atomic mass is 9.80. The number of anilines is 1. The molecule has 26 heavy (non-hydrogen) atoms. The molecule has 1 saturated heterocycles. The Hall–Kier alpha value is -1.60. The SMILES string of the molecule is Cc1c(Cl)cccc1NC(=O)COC(=O)[C@@H]1[C@H]2C[C@H]3[C@H](OC(=O)[C@H]31)[C@@H]2Br. The van der Waals surface area contributed by atoms with Crippen molar-refractivity contribution in [2.75, 3.05) is 11.9 Å². The van der Waals surface area contributed by atoms with Gasteiger partial charge in [-0.2, -0.15) is 0 Å². The number of carbonyl (C=O) groups is 3. The normalized spacial score (nSPS) is 33.9. The van der Waals surface area contributed by atoms with E-state index in [1.165, 1.54) is 0 Å². The Morgan fingerprint density at radius 2 is 2.15 bits per heavy atom. The molecule has 2 aliphatic carbocycles. The molecule has 0 spiro atoms. The first-order chi connectivity index (χ1) is 12.4. The van der Waals surface area contributed by atoms with Crippen LogP contribution in [-0.2, 0) is 23.9 Å². The number of fused-ring (bicyclic) bond motifs is 1. The highest BCUT2D eigenvalue weighted by atomic mass is 79.9. The zero-order valence-electron chi connectivity index (χ0n) is 13.9. The van der Waals surface area contributed by atoms with Crippen LogP contribution in [-0.4, -0.2) is 35.4 Å². The van der Waals surface area contributed by atoms with E-state index < -0.39 is 30.3 Å². The smallest absolute Gasteiger partial charge is 0.310 e. The topological polar surface area (TPSA) is 81.7 Å². The molecular formula is C18H17BrClNO5. The summed E-state index contributed by atoms with van der Waals surface area (Å²) in [6.45, 7) is 1.38. The van der Waals surface area contributed by atoms with Gasteiger partial charge in [0.05, 0.1) is 16.7 Å². The molecular weight excluding hydrogens is 426 g/mol. The van der Waals surface area contributed by atoms with Gasteiger partial charge in [0.1, 0.15) is 6.10 Å². The van der Waals surface area contributed by atoms with Gasteiger partial charge < -0.3 is 14.8 Å². The van der Waals surface area contributed by atoms with Gasteiger partial charge in [0.2, 0.25) is 0 Å². The van der Waals surface area contributed by atoms with E-state index in [0.717, 1.165) is 12.0 Å². The number of ether oxygens (including phenoxy) is 2. The monoisotopic (exact) mass is 441 g/mol. The van der Waals surface area contributed by atoms with Gasteiger partial charge in [0, 0.05) is 16.6 Å². The maximum atomic E-state index is 12.5. The molecule has 2 saturated carbocycles. The van der Waals surface area contributed by atoms with Gasteiger partial charge >= 0.3 is 11.9 Å². The molecule has 3 fully saturated rings. The Bertz CT molecular complexity index is 800. The standard InChI is InChI=1S/C18H17BrClNO5/c1-7-10(20)3-2-4-11(7)21-12(22)6-25-17(23)13-8-5-9-14(13)18(24)26-16(9)15(8)19/h2-4,8-9,13-16H,5-6H2,1H3,(H,21,22)/t8-,9-,13-,14-,15-,16+/m1/s1. The third kappa shape index (κ3) is 2.72. The minimum absolute atomic E-state index is 0.00665. The fourth-order valence-corrected chi connectivity index (χ4v) is 5.68. The van der Waals surface area contributed by atoms with E-state index in [0.29, 0.717) is 10.7 Å². The minimum Gasteiger partial charge on any atom is -0.461 e. The van der Waals surface area contributed by atoms with Crippen LogP contribution in [0.5, 0.6) is 0 Å². The molecule has 2 bridgehead atoms. The number of nitrogens with one attached hydrogen (secondary N) is 1. The molecule has 0 aromatic heterocycles.